The van der Waals surface area contributed by atoms with E-state index in [1.54, 1.807) is 0 Å². The van der Waals surface area contributed by atoms with Gasteiger partial charge in [0.15, 0.2) is 0 Å². The van der Waals surface area contributed by atoms with Crippen molar-refractivity contribution in [1.82, 2.24) is 0 Å². The molecule has 15 heavy (non-hydrogen) atoms. The molecule has 1 aromatic rings. The Bertz CT molecular complexity index is 373. The molecular formula is C11H13BrN2O. The molecule has 1 aromatic carbocycles. The van der Waals surface area contributed by atoms with Gasteiger partial charge in [-0.1, -0.05) is 22.0 Å². The zero-order chi connectivity index (χ0) is 11.3. The highest BCUT2D eigenvalue weighted by Crippen LogP contribution is 2.20. The van der Waals surface area contributed by atoms with Gasteiger partial charge in [0.1, 0.15) is 0 Å². The molecule has 0 bridgehead atoms. The quantitative estimate of drug-likeness (QED) is 0.882. The SMILES string of the molecule is Cc1ccc(NCC(O)CC#N)cc1Br. The highest BCUT2D eigenvalue weighted by atomic mass is 79.9. The second-order valence-electron chi connectivity index (χ2n) is 3.36. The summed E-state index contributed by atoms with van der Waals surface area (Å²) in [6.07, 6.45) is -0.463. The number of aliphatic hydroxyl groups excluding tert-OH is 1. The fourth-order valence-corrected chi connectivity index (χ4v) is 1.49. The number of nitrogens with one attached hydrogen (secondary N) is 1. The Morgan fingerprint density at radius 3 is 2.93 bits per heavy atom. The van der Waals surface area contributed by atoms with Gasteiger partial charge < -0.3 is 10.4 Å². The molecular weight excluding hydrogens is 256 g/mol. The van der Waals surface area contributed by atoms with Crippen molar-refractivity contribution in [3.05, 3.63) is 28.2 Å². The van der Waals surface area contributed by atoms with Crippen molar-refractivity contribution in [2.45, 2.75) is 19.4 Å². The van der Waals surface area contributed by atoms with Crippen molar-refractivity contribution in [3.63, 3.8) is 0 Å². The van der Waals surface area contributed by atoms with Gasteiger partial charge in [-0.05, 0) is 24.6 Å². The van der Waals surface area contributed by atoms with Gasteiger partial charge in [0, 0.05) is 16.7 Å². The molecule has 3 nitrogen and oxygen atoms in total. The van der Waals surface area contributed by atoms with E-state index in [9.17, 15) is 5.11 Å². The van der Waals surface area contributed by atoms with Crippen LogP contribution in [-0.4, -0.2) is 17.8 Å². The van der Waals surface area contributed by atoms with Gasteiger partial charge in [-0.15, -0.1) is 0 Å². The number of aliphatic hydroxyl groups is 1. The van der Waals surface area contributed by atoms with Gasteiger partial charge in [-0.2, -0.15) is 5.26 Å². The first-order chi connectivity index (χ1) is 7.13. The Balaban J connectivity index is 2.51. The van der Waals surface area contributed by atoms with Crippen molar-refractivity contribution >= 4 is 21.6 Å². The van der Waals surface area contributed by atoms with Crippen molar-refractivity contribution in [2.24, 2.45) is 0 Å². The predicted molar refractivity (Wildman–Crippen MR) is 63.6 cm³/mol. The molecule has 0 fully saturated rings. The lowest BCUT2D eigenvalue weighted by atomic mass is 10.2. The molecule has 4 heteroatoms. The molecule has 0 aromatic heterocycles. The first kappa shape index (κ1) is 12.0. The van der Waals surface area contributed by atoms with E-state index in [4.69, 9.17) is 5.26 Å². The molecule has 0 aliphatic carbocycles. The van der Waals surface area contributed by atoms with Crippen LogP contribution in [0.2, 0.25) is 0 Å². The Morgan fingerprint density at radius 2 is 2.33 bits per heavy atom. The highest BCUT2D eigenvalue weighted by Gasteiger charge is 2.03. The van der Waals surface area contributed by atoms with E-state index in [1.807, 2.05) is 31.2 Å². The molecule has 0 spiro atoms. The molecule has 2 N–H and O–H groups in total. The molecule has 0 saturated heterocycles. The highest BCUT2D eigenvalue weighted by molar-refractivity contribution is 9.10. The van der Waals surface area contributed by atoms with E-state index in [0.29, 0.717) is 6.54 Å². The zero-order valence-corrected chi connectivity index (χ0v) is 10.1. The average molecular weight is 269 g/mol. The van der Waals surface area contributed by atoms with Crippen LogP contribution in [0.3, 0.4) is 0 Å². The number of nitrogens with zero attached hydrogens (tertiary/aromatic N) is 1. The fraction of sp³-hybridized carbons (Fsp3) is 0.364. The maximum absolute atomic E-state index is 9.34. The number of hydrogen-bond donors (Lipinski definition) is 2. The molecule has 1 rings (SSSR count). The van der Waals surface area contributed by atoms with Crippen LogP contribution in [0.1, 0.15) is 12.0 Å². The second kappa shape index (κ2) is 5.74. The zero-order valence-electron chi connectivity index (χ0n) is 8.50. The van der Waals surface area contributed by atoms with Crippen LogP contribution < -0.4 is 5.32 Å². The summed E-state index contributed by atoms with van der Waals surface area (Å²) in [5.74, 6) is 0. The van der Waals surface area contributed by atoms with Gasteiger partial charge in [0.25, 0.3) is 0 Å². The van der Waals surface area contributed by atoms with E-state index in [-0.39, 0.29) is 6.42 Å². The predicted octanol–water partition coefficient (Wildman–Crippen LogP) is 2.44. The monoisotopic (exact) mass is 268 g/mol. The third-order valence-corrected chi connectivity index (χ3v) is 2.89. The van der Waals surface area contributed by atoms with Gasteiger partial charge in [0.05, 0.1) is 18.6 Å². The third-order valence-electron chi connectivity index (χ3n) is 2.04. The largest absolute Gasteiger partial charge is 0.390 e. The topological polar surface area (TPSA) is 56.0 Å². The minimum atomic E-state index is -0.616. The Labute approximate surface area is 97.9 Å². The average Bonchev–Trinajstić information content (AvgIpc) is 2.20. The van der Waals surface area contributed by atoms with Crippen LogP contribution in [0.5, 0.6) is 0 Å². The number of benzene rings is 1. The number of rotatable bonds is 4. The van der Waals surface area contributed by atoms with Crippen molar-refractivity contribution in [3.8, 4) is 6.07 Å². The van der Waals surface area contributed by atoms with Crippen LogP contribution in [0.4, 0.5) is 5.69 Å². The van der Waals surface area contributed by atoms with Crippen molar-refractivity contribution < 1.29 is 5.11 Å². The lowest BCUT2D eigenvalue weighted by Gasteiger charge is -2.10. The van der Waals surface area contributed by atoms with Crippen LogP contribution in [0.15, 0.2) is 22.7 Å². The molecule has 0 amide bonds. The van der Waals surface area contributed by atoms with E-state index < -0.39 is 6.10 Å². The number of halogens is 1. The molecule has 0 heterocycles. The number of hydrogen-bond acceptors (Lipinski definition) is 3. The van der Waals surface area contributed by atoms with E-state index in [2.05, 4.69) is 21.2 Å². The van der Waals surface area contributed by atoms with Crippen LogP contribution >= 0.6 is 15.9 Å². The summed E-state index contributed by atoms with van der Waals surface area (Å²) >= 11 is 3.43. The molecule has 80 valence electrons. The normalized spacial score (nSPS) is 11.9. The minimum absolute atomic E-state index is 0.153. The van der Waals surface area contributed by atoms with Crippen molar-refractivity contribution in [2.75, 3.05) is 11.9 Å². The van der Waals surface area contributed by atoms with Gasteiger partial charge in [0.2, 0.25) is 0 Å². The molecule has 1 unspecified atom stereocenters. The molecule has 1 atom stereocenters. The summed E-state index contributed by atoms with van der Waals surface area (Å²) in [7, 11) is 0. The maximum Gasteiger partial charge on any atom is 0.0842 e. The van der Waals surface area contributed by atoms with Crippen LogP contribution in [0, 0.1) is 18.3 Å². The third kappa shape index (κ3) is 3.90. The van der Waals surface area contributed by atoms with Gasteiger partial charge in [-0.25, -0.2) is 0 Å². The summed E-state index contributed by atoms with van der Waals surface area (Å²) in [5.41, 5.74) is 2.10. The van der Waals surface area contributed by atoms with Crippen LogP contribution in [0.25, 0.3) is 0 Å². The smallest absolute Gasteiger partial charge is 0.0842 e. The van der Waals surface area contributed by atoms with Gasteiger partial charge >= 0.3 is 0 Å². The van der Waals surface area contributed by atoms with E-state index >= 15 is 0 Å². The summed E-state index contributed by atoms with van der Waals surface area (Å²) in [5, 5.41) is 20.8. The molecule has 0 aliphatic rings. The number of anilines is 1. The summed E-state index contributed by atoms with van der Waals surface area (Å²) < 4.78 is 1.03. The first-order valence-corrected chi connectivity index (χ1v) is 5.48. The number of aryl methyl sites for hydroxylation is 1. The fourth-order valence-electron chi connectivity index (χ4n) is 1.12. The molecule has 0 radical (unpaired) electrons. The van der Waals surface area contributed by atoms with Crippen molar-refractivity contribution in [1.29, 1.82) is 5.26 Å². The summed E-state index contributed by atoms with van der Waals surface area (Å²) in [4.78, 5) is 0. The lowest BCUT2D eigenvalue weighted by Crippen LogP contribution is -2.18. The lowest BCUT2D eigenvalue weighted by molar-refractivity contribution is 0.193. The summed E-state index contributed by atoms with van der Waals surface area (Å²) in [6, 6.07) is 7.81. The molecule has 0 saturated carbocycles. The minimum Gasteiger partial charge on any atom is -0.390 e. The van der Waals surface area contributed by atoms with E-state index in [0.717, 1.165) is 15.7 Å². The Morgan fingerprint density at radius 1 is 1.60 bits per heavy atom. The Kier molecular flexibility index (Phi) is 4.60. The summed E-state index contributed by atoms with van der Waals surface area (Å²) in [6.45, 7) is 2.40. The molecule has 0 aliphatic heterocycles. The van der Waals surface area contributed by atoms with Crippen LogP contribution in [-0.2, 0) is 0 Å². The Hall–Kier alpha value is -1.05. The standard InChI is InChI=1S/C11H13BrN2O/c1-8-2-3-9(6-11(8)12)14-7-10(15)4-5-13/h2-3,6,10,14-15H,4,7H2,1H3. The maximum atomic E-state index is 9.34. The first-order valence-electron chi connectivity index (χ1n) is 4.68. The van der Waals surface area contributed by atoms with E-state index in [1.165, 1.54) is 0 Å². The number of nitriles is 1. The van der Waals surface area contributed by atoms with Gasteiger partial charge in [-0.3, -0.25) is 0 Å². The second-order valence-corrected chi connectivity index (χ2v) is 4.22.